The Morgan fingerprint density at radius 1 is 1.19 bits per heavy atom. The van der Waals surface area contributed by atoms with E-state index in [-0.39, 0.29) is 30.7 Å². The van der Waals surface area contributed by atoms with Crippen LogP contribution in [0, 0.1) is 11.8 Å². The van der Waals surface area contributed by atoms with E-state index in [9.17, 15) is 13.2 Å². The molecule has 2 rings (SSSR count). The fourth-order valence-electron chi connectivity index (χ4n) is 4.35. The molecule has 158 valence electrons. The van der Waals surface area contributed by atoms with Gasteiger partial charge in [-0.15, -0.1) is 0 Å². The number of rotatable bonds is 8. The van der Waals surface area contributed by atoms with Crippen LogP contribution in [0.4, 0.5) is 0 Å². The Balaban J connectivity index is 2.00. The maximum absolute atomic E-state index is 12.5. The average molecular weight is 405 g/mol. The molecule has 0 bridgehead atoms. The van der Waals surface area contributed by atoms with Gasteiger partial charge in [-0.1, -0.05) is 13.8 Å². The van der Waals surface area contributed by atoms with E-state index in [2.05, 4.69) is 18.6 Å². The van der Waals surface area contributed by atoms with E-state index in [0.717, 1.165) is 31.4 Å². The third-order valence-corrected chi connectivity index (χ3v) is 6.63. The Hall–Kier alpha value is -0.700. The summed E-state index contributed by atoms with van der Waals surface area (Å²) in [4.78, 5) is 14.2. The minimum atomic E-state index is -3.35. The van der Waals surface area contributed by atoms with Gasteiger partial charge in [-0.05, 0) is 50.4 Å². The van der Waals surface area contributed by atoms with Crippen LogP contribution in [0.3, 0.4) is 0 Å². The van der Waals surface area contributed by atoms with Crippen molar-refractivity contribution in [1.29, 1.82) is 0 Å². The predicted molar refractivity (Wildman–Crippen MR) is 105 cm³/mol. The van der Waals surface area contributed by atoms with Crippen LogP contribution >= 0.6 is 0 Å². The van der Waals surface area contributed by atoms with Crippen LogP contribution in [0.2, 0.25) is 0 Å². The van der Waals surface area contributed by atoms with Crippen LogP contribution in [0.25, 0.3) is 0 Å². The molecule has 0 aromatic rings. The molecule has 1 saturated carbocycles. The molecule has 1 saturated heterocycles. The van der Waals surface area contributed by atoms with Crippen molar-refractivity contribution in [3.05, 3.63) is 0 Å². The van der Waals surface area contributed by atoms with Crippen LogP contribution in [0.15, 0.2) is 0 Å². The molecule has 1 heterocycles. The zero-order valence-corrected chi connectivity index (χ0v) is 18.0. The molecule has 1 aliphatic heterocycles. The SMILES string of the molecule is COCC(=O)N1CCCC(NS(C)(=O)=O)C1COC1CCC(C(C)C)CC1. The highest BCUT2D eigenvalue weighted by atomic mass is 32.2. The maximum Gasteiger partial charge on any atom is 0.248 e. The van der Waals surface area contributed by atoms with E-state index >= 15 is 0 Å². The molecule has 2 fully saturated rings. The zero-order chi connectivity index (χ0) is 20.0. The van der Waals surface area contributed by atoms with Gasteiger partial charge in [0.05, 0.1) is 25.0 Å². The highest BCUT2D eigenvalue weighted by Crippen LogP contribution is 2.31. The number of hydrogen-bond acceptors (Lipinski definition) is 5. The number of piperidine rings is 1. The van der Waals surface area contributed by atoms with Crippen LogP contribution in [0.1, 0.15) is 52.4 Å². The van der Waals surface area contributed by atoms with Gasteiger partial charge in [0.2, 0.25) is 15.9 Å². The lowest BCUT2D eigenvalue weighted by Gasteiger charge is -2.42. The molecule has 1 aliphatic carbocycles. The molecule has 0 aromatic heterocycles. The summed E-state index contributed by atoms with van der Waals surface area (Å²) in [6.07, 6.45) is 7.23. The van der Waals surface area contributed by atoms with Gasteiger partial charge in [0.25, 0.3) is 0 Å². The van der Waals surface area contributed by atoms with E-state index in [1.54, 1.807) is 4.90 Å². The Morgan fingerprint density at radius 3 is 2.41 bits per heavy atom. The molecular weight excluding hydrogens is 368 g/mol. The van der Waals surface area contributed by atoms with Crippen LogP contribution < -0.4 is 4.72 Å². The highest BCUT2D eigenvalue weighted by Gasteiger charge is 2.36. The van der Waals surface area contributed by atoms with Crippen molar-refractivity contribution < 1.29 is 22.7 Å². The topological polar surface area (TPSA) is 84.9 Å². The second-order valence-electron chi connectivity index (χ2n) is 8.34. The first-order valence-corrected chi connectivity index (χ1v) is 12.0. The van der Waals surface area contributed by atoms with Crippen LogP contribution in [-0.2, 0) is 24.3 Å². The zero-order valence-electron chi connectivity index (χ0n) is 17.1. The van der Waals surface area contributed by atoms with Crippen LogP contribution in [0.5, 0.6) is 0 Å². The number of nitrogens with zero attached hydrogens (tertiary/aromatic N) is 1. The molecule has 0 spiro atoms. The van der Waals surface area contributed by atoms with Crippen LogP contribution in [-0.4, -0.2) is 70.5 Å². The molecule has 27 heavy (non-hydrogen) atoms. The number of nitrogens with one attached hydrogen (secondary N) is 1. The van der Waals surface area contributed by atoms with Crippen molar-refractivity contribution in [2.75, 3.05) is 33.1 Å². The summed E-state index contributed by atoms with van der Waals surface area (Å²) < 4.78 is 37.4. The summed E-state index contributed by atoms with van der Waals surface area (Å²) >= 11 is 0. The van der Waals surface area contributed by atoms with Crippen molar-refractivity contribution >= 4 is 15.9 Å². The maximum atomic E-state index is 12.5. The molecule has 8 heteroatoms. The Morgan fingerprint density at radius 2 is 1.85 bits per heavy atom. The van der Waals surface area contributed by atoms with Gasteiger partial charge in [-0.3, -0.25) is 4.79 Å². The Bertz CT molecular complexity index is 573. The quantitative estimate of drug-likeness (QED) is 0.666. The smallest absolute Gasteiger partial charge is 0.248 e. The molecule has 7 nitrogen and oxygen atoms in total. The van der Waals surface area contributed by atoms with Crippen molar-refractivity contribution in [2.45, 2.75) is 70.6 Å². The lowest BCUT2D eigenvalue weighted by molar-refractivity contribution is -0.142. The molecular formula is C19H36N2O5S. The van der Waals surface area contributed by atoms with Crippen molar-refractivity contribution in [1.82, 2.24) is 9.62 Å². The van der Waals surface area contributed by atoms with E-state index in [1.165, 1.54) is 20.0 Å². The summed E-state index contributed by atoms with van der Waals surface area (Å²) in [5.41, 5.74) is 0. The number of sulfonamides is 1. The standard InChI is InChI=1S/C19H36N2O5S/c1-14(2)15-7-9-16(10-8-15)26-12-18-17(20-27(4,23)24)6-5-11-21(18)19(22)13-25-3/h14-18,20H,5-13H2,1-4H3. The fourth-order valence-corrected chi connectivity index (χ4v) is 5.17. The molecule has 2 aliphatic rings. The molecule has 1 amide bonds. The second kappa shape index (κ2) is 10.2. The number of carbonyl (C=O) groups is 1. The monoisotopic (exact) mass is 404 g/mol. The van der Waals surface area contributed by atoms with Gasteiger partial charge >= 0.3 is 0 Å². The molecule has 0 radical (unpaired) electrons. The Labute approximate surface area is 164 Å². The normalized spacial score (nSPS) is 29.9. The highest BCUT2D eigenvalue weighted by molar-refractivity contribution is 7.88. The summed E-state index contributed by atoms with van der Waals surface area (Å²) in [5, 5.41) is 0. The molecule has 2 atom stereocenters. The number of carbonyl (C=O) groups excluding carboxylic acids is 1. The summed E-state index contributed by atoms with van der Waals surface area (Å²) in [7, 11) is -1.86. The second-order valence-corrected chi connectivity index (χ2v) is 10.1. The molecule has 1 N–H and O–H groups in total. The molecule has 0 aromatic carbocycles. The Kier molecular flexibility index (Phi) is 8.52. The first-order chi connectivity index (χ1) is 12.7. The summed E-state index contributed by atoms with van der Waals surface area (Å²) in [6, 6.07) is -0.611. The third-order valence-electron chi connectivity index (χ3n) is 5.90. The van der Waals surface area contributed by atoms with Crippen molar-refractivity contribution in [3.63, 3.8) is 0 Å². The number of amides is 1. The van der Waals surface area contributed by atoms with Crippen molar-refractivity contribution in [2.24, 2.45) is 11.8 Å². The summed E-state index contributed by atoms with van der Waals surface area (Å²) in [5.74, 6) is 1.35. The average Bonchev–Trinajstić information content (AvgIpc) is 2.59. The van der Waals surface area contributed by atoms with E-state index < -0.39 is 10.0 Å². The van der Waals surface area contributed by atoms with Gasteiger partial charge in [0, 0.05) is 19.7 Å². The minimum Gasteiger partial charge on any atom is -0.376 e. The first kappa shape index (κ1) is 22.6. The fraction of sp³-hybridized carbons (Fsp3) is 0.947. The largest absolute Gasteiger partial charge is 0.376 e. The number of likely N-dealkylation sites (tertiary alicyclic amines) is 1. The van der Waals surface area contributed by atoms with E-state index in [0.29, 0.717) is 25.5 Å². The third kappa shape index (κ3) is 7.00. The number of methoxy groups -OCH3 is 1. The number of ether oxygens (including phenoxy) is 2. The lowest BCUT2D eigenvalue weighted by Crippen LogP contribution is -2.59. The van der Waals surface area contributed by atoms with Gasteiger partial charge in [0.15, 0.2) is 0 Å². The van der Waals surface area contributed by atoms with Crippen molar-refractivity contribution in [3.8, 4) is 0 Å². The van der Waals surface area contributed by atoms with E-state index in [4.69, 9.17) is 9.47 Å². The van der Waals surface area contributed by atoms with E-state index in [1.807, 2.05) is 0 Å². The lowest BCUT2D eigenvalue weighted by atomic mass is 9.80. The number of hydrogen-bond donors (Lipinski definition) is 1. The van der Waals surface area contributed by atoms with Gasteiger partial charge < -0.3 is 14.4 Å². The molecule has 2 unspecified atom stereocenters. The summed E-state index contributed by atoms with van der Waals surface area (Å²) in [6.45, 7) is 5.52. The van der Waals surface area contributed by atoms with Gasteiger partial charge in [-0.25, -0.2) is 13.1 Å². The van der Waals surface area contributed by atoms with Gasteiger partial charge in [0.1, 0.15) is 6.61 Å². The first-order valence-electron chi connectivity index (χ1n) is 10.1. The minimum absolute atomic E-state index is 0.00158. The van der Waals surface area contributed by atoms with Gasteiger partial charge in [-0.2, -0.15) is 0 Å². The predicted octanol–water partition coefficient (Wildman–Crippen LogP) is 1.77.